The zero-order chi connectivity index (χ0) is 23.4. The lowest BCUT2D eigenvalue weighted by molar-refractivity contribution is -0.113. The molecule has 2 heterocycles. The molecular formula is C26H29N5OS. The monoisotopic (exact) mass is 459 g/mol. The van der Waals surface area contributed by atoms with Crippen LogP contribution in [-0.2, 0) is 4.79 Å². The fourth-order valence-corrected chi connectivity index (χ4v) is 4.42. The number of carbonyl (C=O) groups is 1. The second kappa shape index (κ2) is 10.1. The van der Waals surface area contributed by atoms with Crippen LogP contribution >= 0.6 is 11.8 Å². The number of amides is 1. The van der Waals surface area contributed by atoms with Crippen LogP contribution in [0.2, 0.25) is 0 Å². The van der Waals surface area contributed by atoms with Crippen LogP contribution < -0.4 is 10.6 Å². The van der Waals surface area contributed by atoms with E-state index in [4.69, 9.17) is 5.10 Å². The molecular weight excluding hydrogens is 430 g/mol. The van der Waals surface area contributed by atoms with Crippen molar-refractivity contribution in [2.24, 2.45) is 0 Å². The summed E-state index contributed by atoms with van der Waals surface area (Å²) in [6, 6.07) is 15.6. The Morgan fingerprint density at radius 1 is 1.15 bits per heavy atom. The number of rotatable bonds is 7. The molecule has 1 amide bonds. The number of anilines is 2. The van der Waals surface area contributed by atoms with Crippen LogP contribution in [0.4, 0.5) is 11.6 Å². The molecule has 170 valence electrons. The van der Waals surface area contributed by atoms with Gasteiger partial charge in [0.25, 0.3) is 5.91 Å². The zero-order valence-electron chi connectivity index (χ0n) is 19.4. The van der Waals surface area contributed by atoms with Crippen molar-refractivity contribution in [2.45, 2.75) is 45.3 Å². The Morgan fingerprint density at radius 2 is 1.94 bits per heavy atom. The molecule has 0 spiro atoms. The van der Waals surface area contributed by atoms with Crippen molar-refractivity contribution >= 4 is 35.4 Å². The van der Waals surface area contributed by atoms with Gasteiger partial charge >= 0.3 is 0 Å². The molecule has 0 saturated carbocycles. The molecule has 4 rings (SSSR count). The summed E-state index contributed by atoms with van der Waals surface area (Å²) in [5.74, 6) is 1.44. The SMILES string of the molecule is CCCSc1nc2n(n1)C(/C=C/c1ccccc1)C(C(=O)Nc1cccc(C)c1C)=C(C)N2. The van der Waals surface area contributed by atoms with E-state index in [9.17, 15) is 4.79 Å². The molecule has 2 aromatic carbocycles. The molecule has 33 heavy (non-hydrogen) atoms. The first-order valence-corrected chi connectivity index (χ1v) is 12.1. The summed E-state index contributed by atoms with van der Waals surface area (Å²) >= 11 is 1.62. The maximum Gasteiger partial charge on any atom is 0.255 e. The third-order valence-corrected chi connectivity index (χ3v) is 6.72. The van der Waals surface area contributed by atoms with E-state index in [1.165, 1.54) is 0 Å². The number of allylic oxidation sites excluding steroid dienone is 2. The third kappa shape index (κ3) is 5.03. The van der Waals surface area contributed by atoms with Crippen molar-refractivity contribution in [3.63, 3.8) is 0 Å². The number of fused-ring (bicyclic) bond motifs is 1. The molecule has 6 nitrogen and oxygen atoms in total. The van der Waals surface area contributed by atoms with Gasteiger partial charge < -0.3 is 10.6 Å². The van der Waals surface area contributed by atoms with Gasteiger partial charge in [-0.05, 0) is 49.9 Å². The van der Waals surface area contributed by atoms with Gasteiger partial charge in [0.1, 0.15) is 6.04 Å². The lowest BCUT2D eigenvalue weighted by Gasteiger charge is -2.26. The van der Waals surface area contributed by atoms with Crippen LogP contribution in [0.5, 0.6) is 0 Å². The second-order valence-corrected chi connectivity index (χ2v) is 9.15. The van der Waals surface area contributed by atoms with Crippen LogP contribution in [0.1, 0.15) is 43.0 Å². The number of hydrogen-bond acceptors (Lipinski definition) is 5. The van der Waals surface area contributed by atoms with E-state index < -0.39 is 0 Å². The van der Waals surface area contributed by atoms with Gasteiger partial charge in [-0.3, -0.25) is 4.79 Å². The molecule has 3 aromatic rings. The van der Waals surface area contributed by atoms with E-state index in [2.05, 4.69) is 22.5 Å². The van der Waals surface area contributed by atoms with Gasteiger partial charge in [-0.25, -0.2) is 4.68 Å². The summed E-state index contributed by atoms with van der Waals surface area (Å²) in [7, 11) is 0. The Morgan fingerprint density at radius 3 is 2.70 bits per heavy atom. The topological polar surface area (TPSA) is 71.8 Å². The summed E-state index contributed by atoms with van der Waals surface area (Å²) in [6.07, 6.45) is 5.09. The fourth-order valence-electron chi connectivity index (χ4n) is 3.74. The smallest absolute Gasteiger partial charge is 0.255 e. The maximum absolute atomic E-state index is 13.5. The minimum absolute atomic E-state index is 0.152. The predicted molar refractivity (Wildman–Crippen MR) is 136 cm³/mol. The molecule has 0 aliphatic carbocycles. The summed E-state index contributed by atoms with van der Waals surface area (Å²) in [6.45, 7) is 8.11. The van der Waals surface area contributed by atoms with Crippen molar-refractivity contribution < 1.29 is 4.79 Å². The van der Waals surface area contributed by atoms with E-state index in [-0.39, 0.29) is 11.9 Å². The van der Waals surface area contributed by atoms with Crippen molar-refractivity contribution in [2.75, 3.05) is 16.4 Å². The number of aromatic nitrogens is 3. The molecule has 0 radical (unpaired) electrons. The molecule has 1 aromatic heterocycles. The van der Waals surface area contributed by atoms with Crippen molar-refractivity contribution in [3.8, 4) is 0 Å². The van der Waals surface area contributed by atoms with Gasteiger partial charge in [0.15, 0.2) is 0 Å². The van der Waals surface area contributed by atoms with E-state index in [0.29, 0.717) is 16.7 Å². The quantitative estimate of drug-likeness (QED) is 0.425. The first-order chi connectivity index (χ1) is 16.0. The zero-order valence-corrected chi connectivity index (χ0v) is 20.2. The number of nitrogens with one attached hydrogen (secondary N) is 2. The molecule has 0 bridgehead atoms. The van der Waals surface area contributed by atoms with Gasteiger partial charge in [-0.15, -0.1) is 5.10 Å². The van der Waals surface area contributed by atoms with Crippen LogP contribution in [0.25, 0.3) is 6.08 Å². The lowest BCUT2D eigenvalue weighted by Crippen LogP contribution is -2.30. The number of nitrogens with zero attached hydrogens (tertiary/aromatic N) is 3. The molecule has 7 heteroatoms. The van der Waals surface area contributed by atoms with Crippen LogP contribution in [-0.4, -0.2) is 26.4 Å². The number of hydrogen-bond donors (Lipinski definition) is 2. The summed E-state index contributed by atoms with van der Waals surface area (Å²) in [5, 5.41) is 11.8. The lowest BCUT2D eigenvalue weighted by atomic mass is 10.00. The van der Waals surface area contributed by atoms with Crippen molar-refractivity contribution in [1.82, 2.24) is 14.8 Å². The largest absolute Gasteiger partial charge is 0.328 e. The van der Waals surface area contributed by atoms with Gasteiger partial charge in [0.05, 0.1) is 5.57 Å². The van der Waals surface area contributed by atoms with Crippen LogP contribution in [0, 0.1) is 13.8 Å². The van der Waals surface area contributed by atoms with E-state index in [1.54, 1.807) is 11.8 Å². The summed E-state index contributed by atoms with van der Waals surface area (Å²) in [5.41, 5.74) is 5.46. The van der Waals surface area contributed by atoms with Gasteiger partial charge in [-0.1, -0.05) is 73.3 Å². The molecule has 1 aliphatic rings. The van der Waals surface area contributed by atoms with Crippen molar-refractivity contribution in [3.05, 3.63) is 82.6 Å². The Balaban J connectivity index is 1.71. The Hall–Kier alpha value is -3.32. The predicted octanol–water partition coefficient (Wildman–Crippen LogP) is 5.99. The highest BCUT2D eigenvalue weighted by molar-refractivity contribution is 7.99. The Bertz CT molecular complexity index is 1210. The standard InChI is InChI=1S/C26H29N5OS/c1-5-16-33-26-29-25-27-19(4)23(24(32)28-21-13-9-10-17(2)18(21)3)22(31(25)30-26)15-14-20-11-7-6-8-12-20/h6-15,22H,5,16H2,1-4H3,(H,28,32)(H,27,29,30)/b15-14+. The highest BCUT2D eigenvalue weighted by Gasteiger charge is 2.31. The number of thioether (sulfide) groups is 1. The minimum Gasteiger partial charge on any atom is -0.328 e. The van der Waals surface area contributed by atoms with Crippen molar-refractivity contribution in [1.29, 1.82) is 0 Å². The molecule has 1 atom stereocenters. The first kappa shape index (κ1) is 22.9. The van der Waals surface area contributed by atoms with Gasteiger partial charge in [0, 0.05) is 17.1 Å². The van der Waals surface area contributed by atoms with Crippen LogP contribution in [0.3, 0.4) is 0 Å². The average molecular weight is 460 g/mol. The molecule has 1 aliphatic heterocycles. The maximum atomic E-state index is 13.5. The highest BCUT2D eigenvalue weighted by Crippen LogP contribution is 2.34. The summed E-state index contributed by atoms with van der Waals surface area (Å²) in [4.78, 5) is 18.2. The molecule has 0 saturated heterocycles. The first-order valence-electron chi connectivity index (χ1n) is 11.2. The number of carbonyl (C=O) groups excluding carboxylic acids is 1. The molecule has 2 N–H and O–H groups in total. The Kier molecular flexibility index (Phi) is 6.99. The van der Waals surface area contributed by atoms with Crippen LogP contribution in [0.15, 0.2) is 71.0 Å². The normalized spacial score (nSPS) is 15.5. The Labute approximate surface area is 199 Å². The third-order valence-electron chi connectivity index (χ3n) is 5.68. The van der Waals surface area contributed by atoms with E-state index >= 15 is 0 Å². The van der Waals surface area contributed by atoms with E-state index in [1.807, 2.05) is 86.1 Å². The van der Waals surface area contributed by atoms with Gasteiger partial charge in [-0.2, -0.15) is 4.98 Å². The fraction of sp³-hybridized carbons (Fsp3) is 0.269. The highest BCUT2D eigenvalue weighted by atomic mass is 32.2. The summed E-state index contributed by atoms with van der Waals surface area (Å²) < 4.78 is 1.81. The van der Waals surface area contributed by atoms with Gasteiger partial charge in [0.2, 0.25) is 11.1 Å². The number of benzene rings is 2. The minimum atomic E-state index is -0.380. The van der Waals surface area contributed by atoms with E-state index in [0.717, 1.165) is 40.2 Å². The average Bonchev–Trinajstić information content (AvgIpc) is 3.22. The molecule has 1 unspecified atom stereocenters. The number of aryl methyl sites for hydroxylation is 1. The second-order valence-electron chi connectivity index (χ2n) is 8.09. The molecule has 0 fully saturated rings.